The highest BCUT2D eigenvalue weighted by Crippen LogP contribution is 2.40. The summed E-state index contributed by atoms with van der Waals surface area (Å²) >= 11 is 0. The molecule has 0 spiro atoms. The highest BCUT2D eigenvalue weighted by molar-refractivity contribution is 5.94. The number of rotatable bonds is 4. The standard InChI is InChI=1S/C17H15FN2O3/c1-23-17(22)14-7-3-6-13(19-14)16(21)20-15-9-12(15)10-4-2-5-11(18)8-10/h2-8,12,15H,9H2,1H3,(H,20,21)/t12-,15+/m1/s1. The summed E-state index contributed by atoms with van der Waals surface area (Å²) in [5, 5.41) is 2.85. The molecule has 2 atom stereocenters. The number of ether oxygens (including phenoxy) is 1. The molecular formula is C17H15FN2O3. The third kappa shape index (κ3) is 3.36. The molecule has 118 valence electrons. The molecule has 3 rings (SSSR count). The van der Waals surface area contributed by atoms with Gasteiger partial charge in [-0.05, 0) is 36.2 Å². The number of methoxy groups -OCH3 is 1. The first kappa shape index (κ1) is 15.1. The number of nitrogens with one attached hydrogen (secondary N) is 1. The number of hydrogen-bond donors (Lipinski definition) is 1. The third-order valence-electron chi connectivity index (χ3n) is 3.76. The van der Waals surface area contributed by atoms with E-state index in [1.807, 2.05) is 6.07 Å². The summed E-state index contributed by atoms with van der Waals surface area (Å²) < 4.78 is 17.8. The Morgan fingerprint density at radius 2 is 1.96 bits per heavy atom. The lowest BCUT2D eigenvalue weighted by atomic mass is 10.1. The van der Waals surface area contributed by atoms with Gasteiger partial charge in [-0.25, -0.2) is 14.2 Å². The third-order valence-corrected chi connectivity index (χ3v) is 3.76. The number of benzene rings is 1. The zero-order valence-electron chi connectivity index (χ0n) is 12.5. The van der Waals surface area contributed by atoms with Gasteiger partial charge >= 0.3 is 5.97 Å². The summed E-state index contributed by atoms with van der Waals surface area (Å²) in [5.74, 6) is -1.13. The topological polar surface area (TPSA) is 68.3 Å². The van der Waals surface area contributed by atoms with Gasteiger partial charge in [-0.2, -0.15) is 0 Å². The molecule has 6 heteroatoms. The number of esters is 1. The summed E-state index contributed by atoms with van der Waals surface area (Å²) in [5.41, 5.74) is 1.10. The van der Waals surface area contributed by atoms with Crippen LogP contribution >= 0.6 is 0 Å². The second-order valence-corrected chi connectivity index (χ2v) is 5.38. The van der Waals surface area contributed by atoms with E-state index in [4.69, 9.17) is 0 Å². The SMILES string of the molecule is COC(=O)c1cccc(C(=O)N[C@H]2C[C@@H]2c2cccc(F)c2)n1. The molecule has 1 amide bonds. The maximum Gasteiger partial charge on any atom is 0.356 e. The number of carbonyl (C=O) groups excluding carboxylic acids is 2. The summed E-state index contributed by atoms with van der Waals surface area (Å²) in [4.78, 5) is 27.6. The maximum atomic E-state index is 13.2. The molecule has 5 nitrogen and oxygen atoms in total. The van der Waals surface area contributed by atoms with Crippen molar-refractivity contribution < 1.29 is 18.7 Å². The number of halogens is 1. The van der Waals surface area contributed by atoms with Crippen molar-refractivity contribution in [2.24, 2.45) is 0 Å². The molecule has 1 aromatic heterocycles. The van der Waals surface area contributed by atoms with Gasteiger partial charge in [0.25, 0.3) is 5.91 Å². The number of aromatic nitrogens is 1. The van der Waals surface area contributed by atoms with Crippen LogP contribution in [0.5, 0.6) is 0 Å². The van der Waals surface area contributed by atoms with Crippen molar-refractivity contribution in [2.75, 3.05) is 7.11 Å². The number of pyridine rings is 1. The molecule has 1 saturated carbocycles. The monoisotopic (exact) mass is 314 g/mol. The van der Waals surface area contributed by atoms with E-state index in [9.17, 15) is 14.0 Å². The number of nitrogens with zero attached hydrogens (tertiary/aromatic N) is 1. The van der Waals surface area contributed by atoms with Crippen LogP contribution in [0.1, 0.15) is 38.9 Å². The molecule has 1 aliphatic carbocycles. The lowest BCUT2D eigenvalue weighted by molar-refractivity contribution is 0.0594. The Bertz CT molecular complexity index is 763. The van der Waals surface area contributed by atoms with Crippen molar-refractivity contribution in [1.29, 1.82) is 0 Å². The van der Waals surface area contributed by atoms with Crippen LogP contribution in [0, 0.1) is 5.82 Å². The number of hydrogen-bond acceptors (Lipinski definition) is 4. The average molecular weight is 314 g/mol. The molecule has 0 bridgehead atoms. The van der Waals surface area contributed by atoms with Crippen LogP contribution in [0.4, 0.5) is 4.39 Å². The molecule has 1 fully saturated rings. The fraction of sp³-hybridized carbons (Fsp3) is 0.235. The van der Waals surface area contributed by atoms with Gasteiger partial charge in [0.1, 0.15) is 17.2 Å². The molecule has 0 aliphatic heterocycles. The Morgan fingerprint density at radius 3 is 2.70 bits per heavy atom. The number of carbonyl (C=O) groups is 2. The van der Waals surface area contributed by atoms with Crippen molar-refractivity contribution in [2.45, 2.75) is 18.4 Å². The quantitative estimate of drug-likeness (QED) is 0.879. The molecule has 0 saturated heterocycles. The van der Waals surface area contributed by atoms with E-state index in [1.54, 1.807) is 12.1 Å². The lowest BCUT2D eigenvalue weighted by Gasteiger charge is -2.06. The highest BCUT2D eigenvalue weighted by Gasteiger charge is 2.39. The van der Waals surface area contributed by atoms with Crippen molar-refractivity contribution in [3.8, 4) is 0 Å². The molecule has 1 N–H and O–H groups in total. The van der Waals surface area contributed by atoms with Gasteiger partial charge in [-0.1, -0.05) is 18.2 Å². The smallest absolute Gasteiger partial charge is 0.356 e. The van der Waals surface area contributed by atoms with Gasteiger partial charge in [0.05, 0.1) is 7.11 Å². The van der Waals surface area contributed by atoms with Gasteiger partial charge in [0, 0.05) is 12.0 Å². The Kier molecular flexibility index (Phi) is 4.06. The molecule has 23 heavy (non-hydrogen) atoms. The van der Waals surface area contributed by atoms with Gasteiger partial charge in [0.15, 0.2) is 0 Å². The van der Waals surface area contributed by atoms with E-state index in [0.29, 0.717) is 0 Å². The van der Waals surface area contributed by atoms with Crippen molar-refractivity contribution in [3.05, 3.63) is 65.2 Å². The minimum atomic E-state index is -0.594. The Labute approximate surface area is 132 Å². The van der Waals surface area contributed by atoms with E-state index in [1.165, 1.54) is 31.4 Å². The number of amides is 1. The average Bonchev–Trinajstić information content (AvgIpc) is 3.33. The second kappa shape index (κ2) is 6.16. The van der Waals surface area contributed by atoms with Crippen molar-refractivity contribution in [1.82, 2.24) is 10.3 Å². The molecule has 1 heterocycles. The first-order chi connectivity index (χ1) is 11.1. The van der Waals surface area contributed by atoms with Crippen LogP contribution in [0.3, 0.4) is 0 Å². The zero-order valence-corrected chi connectivity index (χ0v) is 12.5. The Balaban J connectivity index is 1.66. The predicted molar refractivity (Wildman–Crippen MR) is 80.6 cm³/mol. The van der Waals surface area contributed by atoms with Gasteiger partial charge in [0.2, 0.25) is 0 Å². The van der Waals surface area contributed by atoms with Crippen LogP contribution in [0.2, 0.25) is 0 Å². The van der Waals surface area contributed by atoms with Crippen LogP contribution in [0.15, 0.2) is 42.5 Å². The molecule has 1 aliphatic rings. The largest absolute Gasteiger partial charge is 0.464 e. The maximum absolute atomic E-state index is 13.2. The van der Waals surface area contributed by atoms with Crippen LogP contribution in [-0.4, -0.2) is 30.0 Å². The summed E-state index contributed by atoms with van der Waals surface area (Å²) in [6.45, 7) is 0. The molecule has 2 aromatic rings. The zero-order chi connectivity index (χ0) is 16.4. The van der Waals surface area contributed by atoms with Crippen LogP contribution in [-0.2, 0) is 4.74 Å². The summed E-state index contributed by atoms with van der Waals surface area (Å²) in [6.07, 6.45) is 0.756. The molecular weight excluding hydrogens is 299 g/mol. The Hall–Kier alpha value is -2.76. The summed E-state index contributed by atoms with van der Waals surface area (Å²) in [6, 6.07) is 10.9. The first-order valence-corrected chi connectivity index (χ1v) is 7.20. The van der Waals surface area contributed by atoms with Crippen molar-refractivity contribution >= 4 is 11.9 Å². The normalized spacial score (nSPS) is 19.0. The molecule has 1 aromatic carbocycles. The van der Waals surface area contributed by atoms with E-state index < -0.39 is 5.97 Å². The van der Waals surface area contributed by atoms with E-state index >= 15 is 0 Å². The Morgan fingerprint density at radius 1 is 1.22 bits per heavy atom. The minimum absolute atomic E-state index is 0.0483. The van der Waals surface area contributed by atoms with Gasteiger partial charge in [-0.3, -0.25) is 4.79 Å². The minimum Gasteiger partial charge on any atom is -0.464 e. The fourth-order valence-electron chi connectivity index (χ4n) is 2.48. The molecule has 0 unspecified atom stereocenters. The lowest BCUT2D eigenvalue weighted by Crippen LogP contribution is -2.28. The van der Waals surface area contributed by atoms with E-state index in [2.05, 4.69) is 15.0 Å². The van der Waals surface area contributed by atoms with Gasteiger partial charge < -0.3 is 10.1 Å². The molecule has 0 radical (unpaired) electrons. The summed E-state index contributed by atoms with van der Waals surface area (Å²) in [7, 11) is 1.25. The van der Waals surface area contributed by atoms with E-state index in [-0.39, 0.29) is 35.1 Å². The van der Waals surface area contributed by atoms with Crippen LogP contribution in [0.25, 0.3) is 0 Å². The predicted octanol–water partition coefficient (Wildman–Crippen LogP) is 2.29. The van der Waals surface area contributed by atoms with Crippen LogP contribution < -0.4 is 5.32 Å². The van der Waals surface area contributed by atoms with Crippen molar-refractivity contribution in [3.63, 3.8) is 0 Å². The second-order valence-electron chi connectivity index (χ2n) is 5.38. The first-order valence-electron chi connectivity index (χ1n) is 7.20. The highest BCUT2D eigenvalue weighted by atomic mass is 19.1. The van der Waals surface area contributed by atoms with E-state index in [0.717, 1.165) is 12.0 Å². The fourth-order valence-corrected chi connectivity index (χ4v) is 2.48. The van der Waals surface area contributed by atoms with Gasteiger partial charge in [-0.15, -0.1) is 0 Å².